The van der Waals surface area contributed by atoms with Gasteiger partial charge in [0.15, 0.2) is 0 Å². The number of sulfonamides is 1. The molecule has 0 aliphatic carbocycles. The van der Waals surface area contributed by atoms with Gasteiger partial charge < -0.3 is 5.11 Å². The highest BCUT2D eigenvalue weighted by Crippen LogP contribution is 2.20. The predicted molar refractivity (Wildman–Crippen MR) is 63.0 cm³/mol. The third-order valence-corrected chi connectivity index (χ3v) is 4.16. The maximum Gasteiger partial charge on any atom is 0.318 e. The van der Waals surface area contributed by atoms with Crippen LogP contribution in [0.3, 0.4) is 0 Å². The van der Waals surface area contributed by atoms with Crippen LogP contribution in [0.2, 0.25) is 0 Å². The second-order valence-electron chi connectivity index (χ2n) is 3.81. The molecule has 0 spiro atoms. The fourth-order valence-corrected chi connectivity index (χ4v) is 3.06. The van der Waals surface area contributed by atoms with Gasteiger partial charge in [0.25, 0.3) is 0 Å². The molecule has 1 N–H and O–H groups in total. The summed E-state index contributed by atoms with van der Waals surface area (Å²) in [6.07, 6.45) is 0.351. The number of carboxylic acids is 1. The van der Waals surface area contributed by atoms with Gasteiger partial charge in [0.2, 0.25) is 10.0 Å². The first-order valence-corrected chi connectivity index (χ1v) is 6.90. The number of hydrogen-bond acceptors (Lipinski definition) is 3. The second kappa shape index (κ2) is 6.07. The smallest absolute Gasteiger partial charge is 0.318 e. The highest BCUT2D eigenvalue weighted by molar-refractivity contribution is 7.89. The van der Waals surface area contributed by atoms with Gasteiger partial charge in [0, 0.05) is 6.54 Å². The summed E-state index contributed by atoms with van der Waals surface area (Å²) in [5, 5.41) is 8.67. The average Bonchev–Trinajstić information content (AvgIpc) is 2.31. The first-order chi connectivity index (χ1) is 8.78. The summed E-state index contributed by atoms with van der Waals surface area (Å²) < 4.78 is 51.3. The van der Waals surface area contributed by atoms with E-state index in [1.54, 1.807) is 6.92 Å². The lowest BCUT2D eigenvalue weighted by molar-refractivity contribution is -0.137. The van der Waals surface area contributed by atoms with Crippen molar-refractivity contribution in [3.05, 3.63) is 29.8 Å². The molecule has 0 saturated heterocycles. The SMILES string of the molecule is CCCN(CC(=O)O)S(=O)(=O)c1cc(F)ccc1F. The van der Waals surface area contributed by atoms with Crippen LogP contribution in [-0.4, -0.2) is 36.9 Å². The molecule has 19 heavy (non-hydrogen) atoms. The summed E-state index contributed by atoms with van der Waals surface area (Å²) in [6, 6.07) is 2.01. The van der Waals surface area contributed by atoms with Gasteiger partial charge in [0.1, 0.15) is 23.1 Å². The molecule has 0 aliphatic heterocycles. The van der Waals surface area contributed by atoms with Crippen LogP contribution >= 0.6 is 0 Å². The van der Waals surface area contributed by atoms with Crippen LogP contribution in [0.1, 0.15) is 13.3 Å². The van der Waals surface area contributed by atoms with Crippen LogP contribution < -0.4 is 0 Å². The van der Waals surface area contributed by atoms with Crippen molar-refractivity contribution in [3.63, 3.8) is 0 Å². The number of carbonyl (C=O) groups is 1. The first-order valence-electron chi connectivity index (χ1n) is 5.46. The van der Waals surface area contributed by atoms with Crippen molar-refractivity contribution in [2.75, 3.05) is 13.1 Å². The van der Waals surface area contributed by atoms with Crippen LogP contribution in [0, 0.1) is 11.6 Å². The Morgan fingerprint density at radius 2 is 2.00 bits per heavy atom. The molecule has 0 fully saturated rings. The Balaban J connectivity index is 3.25. The monoisotopic (exact) mass is 293 g/mol. The minimum Gasteiger partial charge on any atom is -0.480 e. The van der Waals surface area contributed by atoms with Gasteiger partial charge in [-0.05, 0) is 24.6 Å². The molecule has 0 atom stereocenters. The lowest BCUT2D eigenvalue weighted by atomic mass is 10.3. The van der Waals surface area contributed by atoms with E-state index >= 15 is 0 Å². The van der Waals surface area contributed by atoms with E-state index in [1.807, 2.05) is 0 Å². The Kier molecular flexibility index (Phi) is 4.96. The zero-order valence-electron chi connectivity index (χ0n) is 10.1. The molecular weight excluding hydrogens is 280 g/mol. The molecule has 8 heteroatoms. The maximum atomic E-state index is 13.5. The fourth-order valence-electron chi connectivity index (χ4n) is 1.50. The average molecular weight is 293 g/mol. The summed E-state index contributed by atoms with van der Waals surface area (Å²) in [7, 11) is -4.37. The van der Waals surface area contributed by atoms with E-state index in [0.717, 1.165) is 6.07 Å². The minimum absolute atomic E-state index is 0.0927. The van der Waals surface area contributed by atoms with Crippen molar-refractivity contribution in [3.8, 4) is 0 Å². The molecule has 0 heterocycles. The summed E-state index contributed by atoms with van der Waals surface area (Å²) in [5.74, 6) is -3.39. The van der Waals surface area contributed by atoms with Crippen LogP contribution in [-0.2, 0) is 14.8 Å². The van der Waals surface area contributed by atoms with Crippen molar-refractivity contribution < 1.29 is 27.1 Å². The third kappa shape index (κ3) is 3.71. The Hall–Kier alpha value is -1.54. The molecule has 106 valence electrons. The van der Waals surface area contributed by atoms with Gasteiger partial charge in [-0.25, -0.2) is 17.2 Å². The molecule has 0 aromatic heterocycles. The van der Waals surface area contributed by atoms with Gasteiger partial charge in [-0.3, -0.25) is 4.79 Å². The molecular formula is C11H13F2NO4S. The Morgan fingerprint density at radius 3 is 2.53 bits per heavy atom. The number of rotatable bonds is 6. The van der Waals surface area contributed by atoms with Crippen molar-refractivity contribution >= 4 is 16.0 Å². The van der Waals surface area contributed by atoms with Crippen molar-refractivity contribution in [1.82, 2.24) is 4.31 Å². The third-order valence-electron chi connectivity index (χ3n) is 2.30. The molecule has 0 aliphatic rings. The van der Waals surface area contributed by atoms with Crippen LogP contribution in [0.15, 0.2) is 23.1 Å². The topological polar surface area (TPSA) is 74.7 Å². The van der Waals surface area contributed by atoms with Crippen LogP contribution in [0.4, 0.5) is 8.78 Å². The number of hydrogen-bond donors (Lipinski definition) is 1. The first kappa shape index (κ1) is 15.5. The van der Waals surface area contributed by atoms with E-state index in [1.165, 1.54) is 0 Å². The van der Waals surface area contributed by atoms with E-state index in [0.29, 0.717) is 22.9 Å². The molecule has 0 saturated carbocycles. The van der Waals surface area contributed by atoms with E-state index in [2.05, 4.69) is 0 Å². The van der Waals surface area contributed by atoms with Crippen LogP contribution in [0.25, 0.3) is 0 Å². The molecule has 0 amide bonds. The summed E-state index contributed by atoms with van der Waals surface area (Å²) in [5.41, 5.74) is 0. The number of benzene rings is 1. The van der Waals surface area contributed by atoms with Crippen molar-refractivity contribution in [1.29, 1.82) is 0 Å². The minimum atomic E-state index is -4.37. The van der Waals surface area contributed by atoms with E-state index < -0.39 is 39.1 Å². The number of halogens is 2. The summed E-state index contributed by atoms with van der Waals surface area (Å²) in [6.45, 7) is 0.753. The molecule has 0 unspecified atom stereocenters. The Labute approximate surface area is 109 Å². The number of nitrogens with zero attached hydrogens (tertiary/aromatic N) is 1. The van der Waals surface area contributed by atoms with Crippen molar-refractivity contribution in [2.24, 2.45) is 0 Å². The van der Waals surface area contributed by atoms with Gasteiger partial charge in [-0.15, -0.1) is 0 Å². The fraction of sp³-hybridized carbons (Fsp3) is 0.364. The van der Waals surface area contributed by atoms with E-state index in [-0.39, 0.29) is 6.54 Å². The summed E-state index contributed by atoms with van der Waals surface area (Å²) in [4.78, 5) is 9.78. The van der Waals surface area contributed by atoms with Crippen LogP contribution in [0.5, 0.6) is 0 Å². The zero-order valence-corrected chi connectivity index (χ0v) is 11.0. The second-order valence-corrected chi connectivity index (χ2v) is 5.71. The molecule has 1 aromatic carbocycles. The van der Waals surface area contributed by atoms with Crippen molar-refractivity contribution in [2.45, 2.75) is 18.2 Å². The summed E-state index contributed by atoms with van der Waals surface area (Å²) >= 11 is 0. The van der Waals surface area contributed by atoms with Gasteiger partial charge in [-0.2, -0.15) is 4.31 Å². The van der Waals surface area contributed by atoms with Gasteiger partial charge in [-0.1, -0.05) is 6.92 Å². The van der Waals surface area contributed by atoms with E-state index in [4.69, 9.17) is 5.11 Å². The largest absolute Gasteiger partial charge is 0.480 e. The molecule has 5 nitrogen and oxygen atoms in total. The molecule has 1 rings (SSSR count). The highest BCUT2D eigenvalue weighted by atomic mass is 32.2. The maximum absolute atomic E-state index is 13.5. The zero-order chi connectivity index (χ0) is 14.6. The number of aliphatic carboxylic acids is 1. The Morgan fingerprint density at radius 1 is 1.37 bits per heavy atom. The van der Waals surface area contributed by atoms with Gasteiger partial charge in [0.05, 0.1) is 0 Å². The highest BCUT2D eigenvalue weighted by Gasteiger charge is 2.29. The lowest BCUT2D eigenvalue weighted by Crippen LogP contribution is -2.36. The van der Waals surface area contributed by atoms with E-state index in [9.17, 15) is 22.0 Å². The standard InChI is InChI=1S/C11H13F2NO4S/c1-2-5-14(7-11(15)16)19(17,18)10-6-8(12)3-4-9(10)13/h3-4,6H,2,5,7H2,1H3,(H,15,16). The Bertz CT molecular complexity index is 574. The molecule has 0 radical (unpaired) electrons. The normalized spacial score (nSPS) is 11.8. The lowest BCUT2D eigenvalue weighted by Gasteiger charge is -2.19. The van der Waals surface area contributed by atoms with Gasteiger partial charge >= 0.3 is 5.97 Å². The predicted octanol–water partition coefficient (Wildman–Crippen LogP) is 1.45. The molecule has 1 aromatic rings. The quantitative estimate of drug-likeness (QED) is 0.861. The number of carboxylic acid groups (broad SMARTS) is 1. The molecule has 0 bridgehead atoms.